The molecule has 0 bridgehead atoms. The average molecular weight is 378 g/mol. The second-order valence-electron chi connectivity index (χ2n) is 4.80. The number of para-hydroxylation sites is 1. The molecule has 0 aliphatic carbocycles. The molecule has 2 aromatic rings. The number of carbonyl (C=O) groups excluding carboxylic acids is 1. The van der Waals surface area contributed by atoms with Crippen molar-refractivity contribution in [2.75, 3.05) is 17.2 Å². The largest absolute Gasteiger partial charge is 0.385 e. The Morgan fingerprint density at radius 1 is 1.15 bits per heavy atom. The normalized spacial score (nSPS) is 13.2. The van der Waals surface area contributed by atoms with Crippen LogP contribution in [-0.2, 0) is 6.42 Å². The fourth-order valence-corrected chi connectivity index (χ4v) is 3.00. The number of benzene rings is 2. The maximum absolute atomic E-state index is 12.5. The van der Waals surface area contributed by atoms with Gasteiger partial charge in [-0.05, 0) is 65.3 Å². The van der Waals surface area contributed by atoms with Crippen molar-refractivity contribution in [1.29, 1.82) is 0 Å². The number of halogens is 1. The van der Waals surface area contributed by atoms with Gasteiger partial charge in [-0.25, -0.2) is 0 Å². The Bertz CT molecular complexity index is 655. The molecule has 1 amide bonds. The molecule has 0 spiro atoms. The van der Waals surface area contributed by atoms with Gasteiger partial charge in [0.2, 0.25) is 0 Å². The zero-order valence-electron chi connectivity index (χ0n) is 10.9. The van der Waals surface area contributed by atoms with E-state index in [4.69, 9.17) is 0 Å². The number of hydrogen-bond donors (Lipinski definition) is 2. The zero-order valence-corrected chi connectivity index (χ0v) is 13.1. The summed E-state index contributed by atoms with van der Waals surface area (Å²) in [5.41, 5.74) is 3.85. The molecule has 0 saturated heterocycles. The predicted molar refractivity (Wildman–Crippen MR) is 90.4 cm³/mol. The molecular weight excluding hydrogens is 363 g/mol. The summed E-state index contributed by atoms with van der Waals surface area (Å²) in [4.78, 5) is 12.5. The number of nitrogens with one attached hydrogen (secondary N) is 2. The van der Waals surface area contributed by atoms with E-state index in [-0.39, 0.29) is 5.91 Å². The first-order chi connectivity index (χ1) is 9.75. The Labute approximate surface area is 131 Å². The molecule has 4 heteroatoms. The maximum Gasteiger partial charge on any atom is 0.256 e. The quantitative estimate of drug-likeness (QED) is 0.779. The van der Waals surface area contributed by atoms with E-state index in [2.05, 4.69) is 33.2 Å². The smallest absolute Gasteiger partial charge is 0.256 e. The van der Waals surface area contributed by atoms with Gasteiger partial charge < -0.3 is 10.6 Å². The first-order valence-electron chi connectivity index (χ1n) is 6.67. The van der Waals surface area contributed by atoms with Gasteiger partial charge in [0.05, 0.1) is 5.69 Å². The summed E-state index contributed by atoms with van der Waals surface area (Å²) >= 11 is 2.23. The predicted octanol–water partition coefficient (Wildman–Crippen LogP) is 3.90. The first kappa shape index (κ1) is 13.4. The number of hydrogen-bond acceptors (Lipinski definition) is 2. The monoisotopic (exact) mass is 378 g/mol. The molecule has 3 nitrogen and oxygen atoms in total. The maximum atomic E-state index is 12.5. The molecule has 2 aromatic carbocycles. The molecule has 1 aliphatic rings. The Kier molecular flexibility index (Phi) is 3.91. The van der Waals surface area contributed by atoms with E-state index in [1.54, 1.807) is 0 Å². The van der Waals surface area contributed by atoms with Gasteiger partial charge in [0.15, 0.2) is 0 Å². The topological polar surface area (TPSA) is 41.1 Å². The summed E-state index contributed by atoms with van der Waals surface area (Å²) in [7, 11) is 0. The molecule has 0 fully saturated rings. The van der Waals surface area contributed by atoms with Gasteiger partial charge in [0.25, 0.3) is 5.91 Å². The first-order valence-corrected chi connectivity index (χ1v) is 7.75. The van der Waals surface area contributed by atoms with Crippen LogP contribution in [0.1, 0.15) is 22.3 Å². The number of fused-ring (bicyclic) bond motifs is 1. The van der Waals surface area contributed by atoms with Crippen LogP contribution in [0.15, 0.2) is 42.5 Å². The summed E-state index contributed by atoms with van der Waals surface area (Å²) in [5.74, 6) is -0.0327. The number of amides is 1. The minimum atomic E-state index is -0.0327. The number of anilines is 2. The van der Waals surface area contributed by atoms with Gasteiger partial charge in [-0.1, -0.05) is 18.2 Å². The van der Waals surface area contributed by atoms with E-state index in [1.807, 2.05) is 42.5 Å². The van der Waals surface area contributed by atoms with Crippen LogP contribution in [0, 0.1) is 3.57 Å². The van der Waals surface area contributed by atoms with Gasteiger partial charge in [-0.15, -0.1) is 0 Å². The van der Waals surface area contributed by atoms with Crippen LogP contribution in [-0.4, -0.2) is 12.5 Å². The minimum Gasteiger partial charge on any atom is -0.385 e. The van der Waals surface area contributed by atoms with Crippen LogP contribution in [0.25, 0.3) is 0 Å². The molecule has 0 aromatic heterocycles. The van der Waals surface area contributed by atoms with Crippen LogP contribution < -0.4 is 10.6 Å². The highest BCUT2D eigenvalue weighted by Gasteiger charge is 2.17. The van der Waals surface area contributed by atoms with Crippen molar-refractivity contribution in [2.24, 2.45) is 0 Å². The van der Waals surface area contributed by atoms with Gasteiger partial charge in [0.1, 0.15) is 0 Å². The second kappa shape index (κ2) is 5.83. The standard InChI is InChI=1S/C16H15IN2O/c17-13-7-1-2-8-15(13)19-16(20)12-5-3-9-14-11(12)6-4-10-18-14/h1-3,5,7-9,18H,4,6,10H2,(H,19,20). The summed E-state index contributed by atoms with van der Waals surface area (Å²) in [6.07, 6.45) is 2.03. The Morgan fingerprint density at radius 2 is 2.00 bits per heavy atom. The van der Waals surface area contributed by atoms with Gasteiger partial charge in [-0.2, -0.15) is 0 Å². The van der Waals surface area contributed by atoms with Crippen molar-refractivity contribution >= 4 is 39.9 Å². The highest BCUT2D eigenvalue weighted by molar-refractivity contribution is 14.1. The SMILES string of the molecule is O=C(Nc1ccccc1I)c1cccc2c1CCCN2. The van der Waals surface area contributed by atoms with Crippen LogP contribution in [0.3, 0.4) is 0 Å². The van der Waals surface area contributed by atoms with E-state index in [1.165, 1.54) is 0 Å². The van der Waals surface area contributed by atoms with Crippen molar-refractivity contribution < 1.29 is 4.79 Å². The van der Waals surface area contributed by atoms with E-state index in [0.717, 1.165) is 45.5 Å². The van der Waals surface area contributed by atoms with Crippen molar-refractivity contribution in [3.8, 4) is 0 Å². The average Bonchev–Trinajstić information content (AvgIpc) is 2.49. The van der Waals surface area contributed by atoms with Crippen LogP contribution in [0.2, 0.25) is 0 Å². The van der Waals surface area contributed by atoms with E-state index in [0.29, 0.717) is 0 Å². The van der Waals surface area contributed by atoms with E-state index in [9.17, 15) is 4.79 Å². The van der Waals surface area contributed by atoms with Gasteiger partial charge >= 0.3 is 0 Å². The van der Waals surface area contributed by atoms with E-state index >= 15 is 0 Å². The third-order valence-electron chi connectivity index (χ3n) is 3.46. The molecule has 3 rings (SSSR count). The lowest BCUT2D eigenvalue weighted by atomic mass is 9.97. The third-order valence-corrected chi connectivity index (χ3v) is 4.40. The fraction of sp³-hybridized carbons (Fsp3) is 0.188. The highest BCUT2D eigenvalue weighted by atomic mass is 127. The summed E-state index contributed by atoms with van der Waals surface area (Å²) in [6, 6.07) is 13.7. The van der Waals surface area contributed by atoms with Crippen LogP contribution >= 0.6 is 22.6 Å². The lowest BCUT2D eigenvalue weighted by molar-refractivity contribution is 0.102. The van der Waals surface area contributed by atoms with Crippen molar-refractivity contribution in [3.63, 3.8) is 0 Å². The molecule has 0 radical (unpaired) electrons. The highest BCUT2D eigenvalue weighted by Crippen LogP contribution is 2.26. The molecule has 0 atom stereocenters. The third kappa shape index (κ3) is 2.65. The molecule has 102 valence electrons. The molecule has 0 unspecified atom stereocenters. The number of carbonyl (C=O) groups is 1. The number of rotatable bonds is 2. The fourth-order valence-electron chi connectivity index (χ4n) is 2.47. The van der Waals surface area contributed by atoms with Crippen molar-refractivity contribution in [2.45, 2.75) is 12.8 Å². The second-order valence-corrected chi connectivity index (χ2v) is 5.96. The molecule has 0 saturated carbocycles. The molecule has 1 heterocycles. The molecule has 20 heavy (non-hydrogen) atoms. The Morgan fingerprint density at radius 3 is 2.85 bits per heavy atom. The molecular formula is C16H15IN2O. The molecule has 2 N–H and O–H groups in total. The summed E-state index contributed by atoms with van der Waals surface area (Å²) in [5, 5.41) is 6.35. The van der Waals surface area contributed by atoms with Crippen molar-refractivity contribution in [3.05, 3.63) is 57.2 Å². The Balaban J connectivity index is 1.90. The minimum absolute atomic E-state index is 0.0327. The van der Waals surface area contributed by atoms with E-state index < -0.39 is 0 Å². The lowest BCUT2D eigenvalue weighted by Crippen LogP contribution is -2.19. The molecule has 1 aliphatic heterocycles. The zero-order chi connectivity index (χ0) is 13.9. The van der Waals surface area contributed by atoms with Gasteiger partial charge in [-0.3, -0.25) is 4.79 Å². The van der Waals surface area contributed by atoms with Crippen molar-refractivity contribution in [1.82, 2.24) is 0 Å². The summed E-state index contributed by atoms with van der Waals surface area (Å²) < 4.78 is 1.04. The summed E-state index contributed by atoms with van der Waals surface area (Å²) in [6.45, 7) is 0.981. The van der Waals surface area contributed by atoms with Crippen LogP contribution in [0.5, 0.6) is 0 Å². The van der Waals surface area contributed by atoms with Gasteiger partial charge in [0, 0.05) is 21.4 Å². The lowest BCUT2D eigenvalue weighted by Gasteiger charge is -2.20. The Hall–Kier alpha value is -1.56. The van der Waals surface area contributed by atoms with Crippen LogP contribution in [0.4, 0.5) is 11.4 Å².